The van der Waals surface area contributed by atoms with Gasteiger partial charge in [-0.05, 0) is 38.0 Å². The van der Waals surface area contributed by atoms with Gasteiger partial charge in [0.1, 0.15) is 5.78 Å². The number of benzene rings is 1. The third-order valence-corrected chi connectivity index (χ3v) is 3.43. The summed E-state index contributed by atoms with van der Waals surface area (Å²) in [5.74, 6) is -0.371. The molecule has 0 heterocycles. The lowest BCUT2D eigenvalue weighted by atomic mass is 9.83. The van der Waals surface area contributed by atoms with Crippen LogP contribution in [0.25, 0.3) is 0 Å². The van der Waals surface area contributed by atoms with Gasteiger partial charge in [-0.2, -0.15) is 0 Å². The van der Waals surface area contributed by atoms with Gasteiger partial charge in [-0.1, -0.05) is 0 Å². The van der Waals surface area contributed by atoms with Gasteiger partial charge in [0.2, 0.25) is 0 Å². The van der Waals surface area contributed by atoms with E-state index in [4.69, 9.17) is 4.74 Å². The molecule has 1 aromatic carbocycles. The number of hydrogen-bond donors (Lipinski definition) is 0. The minimum Gasteiger partial charge on any atom is -0.491 e. The molecule has 4 heteroatoms. The lowest BCUT2D eigenvalue weighted by Crippen LogP contribution is -2.22. The monoisotopic (exact) mass is 264 g/mol. The maximum atomic E-state index is 13.7. The molecule has 0 atom stereocenters. The highest BCUT2D eigenvalue weighted by Crippen LogP contribution is 2.27. The largest absolute Gasteiger partial charge is 0.491 e. The molecule has 1 aliphatic carbocycles. The maximum Gasteiger partial charge on any atom is 0.166 e. The molecule has 0 spiro atoms. The van der Waals surface area contributed by atoms with Gasteiger partial charge in [-0.25, -0.2) is 4.39 Å². The highest BCUT2D eigenvalue weighted by Gasteiger charge is 2.26. The number of carbonyl (C=O) groups is 2. The smallest absolute Gasteiger partial charge is 0.166 e. The fraction of sp³-hybridized carbons (Fsp3) is 0.467. The highest BCUT2D eigenvalue weighted by molar-refractivity contribution is 5.99. The molecule has 1 aromatic rings. The molecular weight excluding hydrogens is 247 g/mol. The topological polar surface area (TPSA) is 43.4 Å². The molecule has 102 valence electrons. The van der Waals surface area contributed by atoms with Crippen LogP contribution in [0.15, 0.2) is 18.2 Å². The van der Waals surface area contributed by atoms with Crippen LogP contribution in [-0.2, 0) is 4.79 Å². The summed E-state index contributed by atoms with van der Waals surface area (Å²) in [4.78, 5) is 23.4. The number of ether oxygens (including phenoxy) is 1. The second-order valence-corrected chi connectivity index (χ2v) is 4.76. The molecule has 0 radical (unpaired) electrons. The molecule has 3 nitrogen and oxygen atoms in total. The van der Waals surface area contributed by atoms with Crippen molar-refractivity contribution in [3.8, 4) is 5.75 Å². The predicted octanol–water partition coefficient (Wildman–Crippen LogP) is 3.17. The first-order valence-corrected chi connectivity index (χ1v) is 6.60. The van der Waals surface area contributed by atoms with Gasteiger partial charge in [-0.15, -0.1) is 0 Å². The first-order valence-electron chi connectivity index (χ1n) is 6.60. The Balaban J connectivity index is 2.11. The number of Topliss-reactive ketones (excluding diaryl/α,β-unsaturated/α-hetero) is 2. The summed E-state index contributed by atoms with van der Waals surface area (Å²) in [6.45, 7) is 2.16. The summed E-state index contributed by atoms with van der Waals surface area (Å²) in [6, 6.07) is 4.30. The summed E-state index contributed by atoms with van der Waals surface area (Å²) in [5, 5.41) is 0. The Bertz CT molecular complexity index is 486. The van der Waals surface area contributed by atoms with E-state index >= 15 is 0 Å². The molecule has 19 heavy (non-hydrogen) atoms. The van der Waals surface area contributed by atoms with E-state index in [2.05, 4.69) is 0 Å². The number of hydrogen-bond acceptors (Lipinski definition) is 3. The fourth-order valence-electron chi connectivity index (χ4n) is 2.36. The highest BCUT2D eigenvalue weighted by atomic mass is 19.1. The lowest BCUT2D eigenvalue weighted by molar-refractivity contribution is -0.120. The fourth-order valence-corrected chi connectivity index (χ4v) is 2.36. The average Bonchev–Trinajstić information content (AvgIpc) is 2.41. The van der Waals surface area contributed by atoms with Gasteiger partial charge in [0.25, 0.3) is 0 Å². The third-order valence-electron chi connectivity index (χ3n) is 3.43. The van der Waals surface area contributed by atoms with Crippen LogP contribution in [0.5, 0.6) is 5.75 Å². The quantitative estimate of drug-likeness (QED) is 0.784. The number of carbonyl (C=O) groups excluding carboxylic acids is 2. The first kappa shape index (κ1) is 13.7. The van der Waals surface area contributed by atoms with E-state index in [1.54, 1.807) is 13.0 Å². The van der Waals surface area contributed by atoms with Crippen LogP contribution in [-0.4, -0.2) is 18.2 Å². The SMILES string of the molecule is CCOc1ccc(C(=O)C2CCC(=O)CC2)cc1F. The maximum absolute atomic E-state index is 13.7. The molecule has 0 unspecified atom stereocenters. The number of rotatable bonds is 4. The molecule has 1 aliphatic rings. The Kier molecular flexibility index (Phi) is 4.30. The molecule has 1 saturated carbocycles. The van der Waals surface area contributed by atoms with Crippen molar-refractivity contribution in [2.75, 3.05) is 6.61 Å². The van der Waals surface area contributed by atoms with Crippen LogP contribution in [0.2, 0.25) is 0 Å². The van der Waals surface area contributed by atoms with Crippen molar-refractivity contribution >= 4 is 11.6 Å². The van der Waals surface area contributed by atoms with E-state index < -0.39 is 5.82 Å². The molecule has 0 bridgehead atoms. The molecule has 0 N–H and O–H groups in total. The van der Waals surface area contributed by atoms with Crippen molar-refractivity contribution in [3.05, 3.63) is 29.6 Å². The van der Waals surface area contributed by atoms with Crippen molar-refractivity contribution in [1.82, 2.24) is 0 Å². The zero-order chi connectivity index (χ0) is 13.8. The Hall–Kier alpha value is -1.71. The average molecular weight is 264 g/mol. The zero-order valence-electron chi connectivity index (χ0n) is 10.9. The van der Waals surface area contributed by atoms with Gasteiger partial charge in [0, 0.05) is 24.3 Å². The van der Waals surface area contributed by atoms with E-state index in [9.17, 15) is 14.0 Å². The summed E-state index contributed by atoms with van der Waals surface area (Å²) in [6.07, 6.45) is 2.06. The summed E-state index contributed by atoms with van der Waals surface area (Å²) in [5.41, 5.74) is 0.361. The predicted molar refractivity (Wildman–Crippen MR) is 68.9 cm³/mol. The van der Waals surface area contributed by atoms with Gasteiger partial charge in [0.05, 0.1) is 6.61 Å². The standard InChI is InChI=1S/C15H17FO3/c1-2-19-14-8-5-11(9-13(14)16)15(18)10-3-6-12(17)7-4-10/h5,8-10H,2-4,6-7H2,1H3. The van der Waals surface area contributed by atoms with Crippen LogP contribution in [0.1, 0.15) is 43.0 Å². The molecular formula is C15H17FO3. The Morgan fingerprint density at radius 2 is 2.05 bits per heavy atom. The van der Waals surface area contributed by atoms with Gasteiger partial charge >= 0.3 is 0 Å². The van der Waals surface area contributed by atoms with Crippen molar-refractivity contribution in [2.45, 2.75) is 32.6 Å². The Labute approximate surface area is 111 Å². The minimum absolute atomic E-state index is 0.0746. The van der Waals surface area contributed by atoms with Crippen molar-refractivity contribution in [1.29, 1.82) is 0 Å². The summed E-state index contributed by atoms with van der Waals surface area (Å²) < 4.78 is 18.8. The van der Waals surface area contributed by atoms with Gasteiger partial charge in [-0.3, -0.25) is 9.59 Å². The first-order chi connectivity index (χ1) is 9.11. The van der Waals surface area contributed by atoms with Crippen LogP contribution >= 0.6 is 0 Å². The minimum atomic E-state index is -0.514. The summed E-state index contributed by atoms with van der Waals surface area (Å²) >= 11 is 0. The van der Waals surface area contributed by atoms with Gasteiger partial charge in [0.15, 0.2) is 17.3 Å². The van der Waals surface area contributed by atoms with Crippen molar-refractivity contribution in [2.24, 2.45) is 5.92 Å². The second kappa shape index (κ2) is 5.95. The lowest BCUT2D eigenvalue weighted by Gasteiger charge is -2.19. The van der Waals surface area contributed by atoms with E-state index in [1.807, 2.05) is 0 Å². The summed E-state index contributed by atoms with van der Waals surface area (Å²) in [7, 11) is 0. The molecule has 1 fully saturated rings. The van der Waals surface area contributed by atoms with Crippen molar-refractivity contribution in [3.63, 3.8) is 0 Å². The number of halogens is 1. The molecule has 0 amide bonds. The van der Waals surface area contributed by atoms with Crippen LogP contribution in [0.4, 0.5) is 4.39 Å². The van der Waals surface area contributed by atoms with E-state index in [-0.39, 0.29) is 23.2 Å². The van der Waals surface area contributed by atoms with E-state index in [0.29, 0.717) is 37.9 Å². The Morgan fingerprint density at radius 1 is 1.37 bits per heavy atom. The second-order valence-electron chi connectivity index (χ2n) is 4.76. The Morgan fingerprint density at radius 3 is 2.63 bits per heavy atom. The van der Waals surface area contributed by atoms with Crippen molar-refractivity contribution < 1.29 is 18.7 Å². The normalized spacial score (nSPS) is 16.4. The van der Waals surface area contributed by atoms with Gasteiger partial charge < -0.3 is 4.74 Å². The van der Waals surface area contributed by atoms with E-state index in [1.165, 1.54) is 12.1 Å². The van der Waals surface area contributed by atoms with Crippen LogP contribution < -0.4 is 4.74 Å². The van der Waals surface area contributed by atoms with E-state index in [0.717, 1.165) is 0 Å². The number of ketones is 2. The third kappa shape index (κ3) is 3.19. The molecule has 0 aliphatic heterocycles. The molecule has 2 rings (SSSR count). The van der Waals surface area contributed by atoms with Crippen LogP contribution in [0.3, 0.4) is 0 Å². The van der Waals surface area contributed by atoms with Crippen LogP contribution in [0, 0.1) is 11.7 Å². The molecule has 0 aromatic heterocycles. The zero-order valence-corrected chi connectivity index (χ0v) is 10.9. The molecule has 0 saturated heterocycles.